The van der Waals surface area contributed by atoms with Gasteiger partial charge in [0.2, 0.25) is 0 Å². The summed E-state index contributed by atoms with van der Waals surface area (Å²) in [5.74, 6) is 3.61. The molecule has 77 heavy (non-hydrogen) atoms. The van der Waals surface area contributed by atoms with Crippen LogP contribution in [0.2, 0.25) is 0 Å². The number of hydrogen-bond donors (Lipinski definition) is 0. The van der Waals surface area contributed by atoms with Gasteiger partial charge in [-0.15, -0.1) is 0 Å². The second kappa shape index (κ2) is 24.6. The summed E-state index contributed by atoms with van der Waals surface area (Å²) < 4.78 is 37.2. The van der Waals surface area contributed by atoms with Crippen LogP contribution in [-0.4, -0.2) is 143 Å². The molecule has 0 radical (unpaired) electrons. The molecule has 6 heterocycles. The van der Waals surface area contributed by atoms with Crippen molar-refractivity contribution in [1.82, 2.24) is 0 Å². The first-order valence-corrected chi connectivity index (χ1v) is 26.7. The van der Waals surface area contributed by atoms with Crippen molar-refractivity contribution in [2.24, 2.45) is 30.0 Å². The molecule has 6 aliphatic rings. The molecule has 0 bridgehead atoms. The van der Waals surface area contributed by atoms with E-state index in [1.807, 2.05) is 109 Å². The molecule has 5 aromatic rings. The fraction of sp³-hybridized carbons (Fsp3) is 0.419. The van der Waals surface area contributed by atoms with E-state index in [1.165, 1.54) is 11.1 Å². The summed E-state index contributed by atoms with van der Waals surface area (Å²) in [6, 6.07) is 52.8. The van der Waals surface area contributed by atoms with E-state index in [0.29, 0.717) is 74.4 Å². The molecular formula is C62H80B2MgN6O6. The topological polar surface area (TPSA) is 130 Å². The molecule has 0 unspecified atom stereocenters. The first-order chi connectivity index (χ1) is 35.9. The van der Waals surface area contributed by atoms with Gasteiger partial charge in [-0.3, -0.25) is 30.0 Å². The fourth-order valence-electron chi connectivity index (χ4n) is 9.44. The van der Waals surface area contributed by atoms with Gasteiger partial charge in [0.05, 0.1) is 33.2 Å². The van der Waals surface area contributed by atoms with E-state index in [0.717, 1.165) is 10.9 Å². The Morgan fingerprint density at radius 1 is 0.273 bits per heavy atom. The summed E-state index contributed by atoms with van der Waals surface area (Å²) in [7, 11) is 0. The zero-order chi connectivity index (χ0) is 54.9. The van der Waals surface area contributed by atoms with Gasteiger partial charge in [0.25, 0.3) is 12.3 Å². The number of hydrogen-bond acceptors (Lipinski definition) is 12. The van der Waals surface area contributed by atoms with Crippen molar-refractivity contribution in [3.63, 3.8) is 0 Å². The molecule has 0 aromatic heterocycles. The van der Waals surface area contributed by atoms with Gasteiger partial charge in [0.1, 0.15) is 39.6 Å². The van der Waals surface area contributed by atoms with Crippen LogP contribution in [0.25, 0.3) is 0 Å². The summed E-state index contributed by atoms with van der Waals surface area (Å²) in [6.45, 7) is 32.0. The average molecular weight is 1050 g/mol. The zero-order valence-corrected chi connectivity index (χ0v) is 49.7. The van der Waals surface area contributed by atoms with Crippen molar-refractivity contribution >= 4 is 81.1 Å². The van der Waals surface area contributed by atoms with E-state index in [-0.39, 0.29) is 56.3 Å². The number of aliphatic imine (C=N–C) groups is 6. The van der Waals surface area contributed by atoms with E-state index < -0.39 is 12.3 Å². The van der Waals surface area contributed by atoms with Gasteiger partial charge >= 0.3 is 23.1 Å². The molecule has 6 aliphatic heterocycles. The summed E-state index contributed by atoms with van der Waals surface area (Å²) in [6.07, 6.45) is -3.87. The normalized spacial score (nSPS) is 20.1. The maximum Gasteiger partial charge on any atom is 2.00 e. The van der Waals surface area contributed by atoms with Crippen molar-refractivity contribution in [2.45, 2.75) is 130 Å². The Morgan fingerprint density at radius 3 is 0.558 bits per heavy atom. The maximum absolute atomic E-state index is 6.21. The van der Waals surface area contributed by atoms with Crippen LogP contribution >= 0.6 is 0 Å². The minimum Gasteiger partial charge on any atom is -0.517 e. The van der Waals surface area contributed by atoms with Crippen molar-refractivity contribution in [3.05, 3.63) is 169 Å². The second-order valence-electron chi connectivity index (χ2n) is 24.3. The smallest absolute Gasteiger partial charge is 0.517 e. The summed E-state index contributed by atoms with van der Waals surface area (Å²) in [5.41, 5.74) is 2.71. The molecule has 0 aliphatic carbocycles. The number of rotatable bonds is 8. The van der Waals surface area contributed by atoms with Gasteiger partial charge in [-0.25, -0.2) is 0 Å². The molecule has 0 N–H and O–H groups in total. The molecule has 11 rings (SSSR count). The van der Waals surface area contributed by atoms with Crippen molar-refractivity contribution in [2.75, 3.05) is 39.6 Å². The third-order valence-corrected chi connectivity index (χ3v) is 13.3. The van der Waals surface area contributed by atoms with Crippen molar-refractivity contribution in [1.29, 1.82) is 0 Å². The van der Waals surface area contributed by atoms with Crippen LogP contribution < -0.4 is 10.9 Å². The molecule has 0 saturated heterocycles. The minimum atomic E-state index is -1.93. The van der Waals surface area contributed by atoms with Crippen LogP contribution in [0, 0.1) is 13.8 Å². The van der Waals surface area contributed by atoms with E-state index in [4.69, 9.17) is 58.4 Å². The van der Waals surface area contributed by atoms with Crippen molar-refractivity contribution < 1.29 is 28.4 Å². The largest absolute Gasteiger partial charge is 2.00 e. The summed E-state index contributed by atoms with van der Waals surface area (Å²) in [5, 5.41) is 0. The van der Waals surface area contributed by atoms with Gasteiger partial charge in [-0.05, 0) is 96.9 Å². The predicted molar refractivity (Wildman–Crippen MR) is 323 cm³/mol. The Hall–Kier alpha value is -6.18. The number of nitrogens with zero attached hydrogens (tertiary/aromatic N) is 6. The van der Waals surface area contributed by atoms with Gasteiger partial charge < -0.3 is 28.4 Å². The third kappa shape index (κ3) is 15.1. The number of aryl methyl sites for hydroxylation is 2. The molecule has 402 valence electrons. The standard InChI is InChI=1S/2C21H29BN3O3.2C7H8.C6H6.Mg/c2*1-19(2)12-26-16(23-19)22(15-10-8-7-9-11-15,17-24-20(3,4)13-27-17)18-25-21(5,6)14-28-18;2*1-7-5-3-2-4-6-7;1-2-4-6-5-3-1;/h2*7-11H,12-14H2,1-6H3;2*2-6H,1H3;1-6H;/q2*-1;;;;+2. The molecule has 15 heteroatoms. The van der Waals surface area contributed by atoms with Crippen LogP contribution in [0.3, 0.4) is 0 Å². The molecule has 5 aromatic carbocycles. The Bertz CT molecular complexity index is 2530. The van der Waals surface area contributed by atoms with Crippen LogP contribution in [0.4, 0.5) is 0 Å². The Morgan fingerprint density at radius 2 is 0.429 bits per heavy atom. The first-order valence-electron chi connectivity index (χ1n) is 26.7. The van der Waals surface area contributed by atoms with Gasteiger partial charge in [-0.1, -0.05) is 169 Å². The van der Waals surface area contributed by atoms with Gasteiger partial charge in [0.15, 0.2) is 0 Å². The zero-order valence-electron chi connectivity index (χ0n) is 48.2. The van der Waals surface area contributed by atoms with E-state index in [2.05, 4.69) is 145 Å². The van der Waals surface area contributed by atoms with Crippen molar-refractivity contribution in [3.8, 4) is 0 Å². The van der Waals surface area contributed by atoms with E-state index in [1.54, 1.807) is 0 Å². The Balaban J connectivity index is 0.000000182. The number of ether oxygens (including phenoxy) is 6. The Kier molecular flexibility index (Phi) is 19.2. The molecule has 0 spiro atoms. The number of benzene rings is 5. The molecule has 0 amide bonds. The molecule has 0 saturated carbocycles. The molecular weight excluding hydrogens is 971 g/mol. The van der Waals surface area contributed by atoms with Crippen LogP contribution in [-0.2, 0) is 28.4 Å². The van der Waals surface area contributed by atoms with Crippen LogP contribution in [0.15, 0.2) is 188 Å². The fourth-order valence-corrected chi connectivity index (χ4v) is 9.44. The van der Waals surface area contributed by atoms with E-state index in [9.17, 15) is 0 Å². The SMILES string of the molecule is CC1(C)COC([B-](C2=NC(C)(C)CO2)(C2=NC(C)(C)CO2)c2ccccc2)=N1.CC1(C)COC([B-](C2=NC(C)(C)CO2)(C2=NC(C)(C)CO2)c2ccccc2)=N1.Cc1ccccc1.Cc1ccccc1.[Mg+2].c1ccccc1. The second-order valence-corrected chi connectivity index (χ2v) is 24.3. The maximum atomic E-state index is 6.21. The summed E-state index contributed by atoms with van der Waals surface area (Å²) >= 11 is 0. The van der Waals surface area contributed by atoms with Gasteiger partial charge in [0, 0.05) is 34.8 Å². The molecule has 12 nitrogen and oxygen atoms in total. The monoisotopic (exact) mass is 1050 g/mol. The first kappa shape index (κ1) is 60.1. The predicted octanol–water partition coefficient (Wildman–Crippen LogP) is 10.5. The van der Waals surface area contributed by atoms with E-state index >= 15 is 0 Å². The third-order valence-electron chi connectivity index (χ3n) is 13.3. The summed E-state index contributed by atoms with van der Waals surface area (Å²) in [4.78, 5) is 29.7. The Labute approximate surface area is 475 Å². The molecule has 0 atom stereocenters. The average Bonchev–Trinajstić information content (AvgIpc) is 4.28. The van der Waals surface area contributed by atoms with Crippen LogP contribution in [0.5, 0.6) is 0 Å². The minimum absolute atomic E-state index is 0. The quantitative estimate of drug-likeness (QED) is 0.142. The van der Waals surface area contributed by atoms with Crippen LogP contribution in [0.1, 0.15) is 94.2 Å². The van der Waals surface area contributed by atoms with Gasteiger partial charge in [-0.2, -0.15) is 10.9 Å². The molecule has 0 fully saturated rings.